The van der Waals surface area contributed by atoms with E-state index >= 15 is 0 Å². The number of nitrogen functional groups attached to an aromatic ring is 2. The number of nitrogens with two attached hydrogens (primary N) is 2. The van der Waals surface area contributed by atoms with E-state index in [9.17, 15) is 0 Å². The zero-order valence-corrected chi connectivity index (χ0v) is 11.0. The Labute approximate surface area is 114 Å². The Morgan fingerprint density at radius 1 is 1.17 bits per heavy atom. The third-order valence-corrected chi connectivity index (χ3v) is 2.86. The molecule has 4 N–H and O–H groups in total. The molecule has 2 aromatic rings. The first kappa shape index (κ1) is 12.7. The van der Waals surface area contributed by atoms with E-state index in [1.807, 2.05) is 0 Å². The molecule has 0 atom stereocenters. The van der Waals surface area contributed by atoms with E-state index in [1.165, 1.54) is 7.11 Å². The third kappa shape index (κ3) is 2.27. The topological polar surface area (TPSA) is 87.0 Å². The van der Waals surface area contributed by atoms with E-state index in [1.54, 1.807) is 18.2 Å². The highest BCUT2D eigenvalue weighted by Gasteiger charge is 2.17. The van der Waals surface area contributed by atoms with Crippen LogP contribution in [-0.4, -0.2) is 17.1 Å². The van der Waals surface area contributed by atoms with Crippen molar-refractivity contribution in [3.8, 4) is 17.0 Å². The second-order valence-corrected chi connectivity index (χ2v) is 4.32. The zero-order valence-electron chi connectivity index (χ0n) is 9.45. The van der Waals surface area contributed by atoms with Gasteiger partial charge in [0, 0.05) is 10.6 Å². The molecule has 2 rings (SSSR count). The maximum atomic E-state index is 6.12. The van der Waals surface area contributed by atoms with E-state index in [4.69, 9.17) is 39.4 Å². The minimum absolute atomic E-state index is 0.0400. The van der Waals surface area contributed by atoms with Crippen LogP contribution in [0.3, 0.4) is 0 Å². The average Bonchev–Trinajstić information content (AvgIpc) is 2.29. The minimum Gasteiger partial charge on any atom is -0.480 e. The molecule has 0 fully saturated rings. The number of aromatic nitrogens is 2. The quantitative estimate of drug-likeness (QED) is 0.885. The fourth-order valence-corrected chi connectivity index (χ4v) is 2.07. The lowest BCUT2D eigenvalue weighted by Gasteiger charge is -2.12. The van der Waals surface area contributed by atoms with Gasteiger partial charge < -0.3 is 16.2 Å². The van der Waals surface area contributed by atoms with Crippen LogP contribution in [0.1, 0.15) is 0 Å². The van der Waals surface area contributed by atoms with Crippen LogP contribution in [0.5, 0.6) is 5.88 Å². The third-order valence-electron chi connectivity index (χ3n) is 2.31. The summed E-state index contributed by atoms with van der Waals surface area (Å²) in [6.07, 6.45) is 0. The van der Waals surface area contributed by atoms with Gasteiger partial charge in [0.2, 0.25) is 11.8 Å². The van der Waals surface area contributed by atoms with Crippen LogP contribution >= 0.6 is 23.2 Å². The van der Waals surface area contributed by atoms with Gasteiger partial charge in [-0.15, -0.1) is 0 Å². The number of halogens is 2. The number of hydrogen-bond donors (Lipinski definition) is 2. The summed E-state index contributed by atoms with van der Waals surface area (Å²) in [6.45, 7) is 0. The van der Waals surface area contributed by atoms with Crippen LogP contribution in [0.4, 0.5) is 11.8 Å². The van der Waals surface area contributed by atoms with Crippen LogP contribution in [0.25, 0.3) is 11.1 Å². The van der Waals surface area contributed by atoms with Crippen molar-refractivity contribution in [2.24, 2.45) is 0 Å². The van der Waals surface area contributed by atoms with Crippen LogP contribution in [-0.2, 0) is 0 Å². The lowest BCUT2D eigenvalue weighted by atomic mass is 10.1. The molecule has 0 spiro atoms. The van der Waals surface area contributed by atoms with Gasteiger partial charge in [0.1, 0.15) is 5.82 Å². The van der Waals surface area contributed by atoms with Crippen LogP contribution < -0.4 is 16.2 Å². The summed E-state index contributed by atoms with van der Waals surface area (Å²) in [5.74, 6) is 0.506. The van der Waals surface area contributed by atoms with Crippen LogP contribution in [0, 0.1) is 0 Å². The second kappa shape index (κ2) is 4.88. The lowest BCUT2D eigenvalue weighted by molar-refractivity contribution is 0.400. The predicted molar refractivity (Wildman–Crippen MR) is 72.9 cm³/mol. The molecule has 0 saturated heterocycles. The van der Waals surface area contributed by atoms with Crippen molar-refractivity contribution in [2.75, 3.05) is 18.6 Å². The second-order valence-electron chi connectivity index (χ2n) is 3.48. The van der Waals surface area contributed by atoms with Gasteiger partial charge in [-0.1, -0.05) is 29.3 Å². The summed E-state index contributed by atoms with van der Waals surface area (Å²) in [6, 6.07) is 5.02. The fourth-order valence-electron chi connectivity index (χ4n) is 1.57. The van der Waals surface area contributed by atoms with Gasteiger partial charge in [-0.3, -0.25) is 0 Å². The molecule has 18 heavy (non-hydrogen) atoms. The average molecular weight is 285 g/mol. The summed E-state index contributed by atoms with van der Waals surface area (Å²) < 4.78 is 5.14. The number of nitrogens with zero attached hydrogens (tertiary/aromatic N) is 2. The van der Waals surface area contributed by atoms with E-state index in [0.29, 0.717) is 21.2 Å². The number of hydrogen-bond acceptors (Lipinski definition) is 5. The van der Waals surface area contributed by atoms with Gasteiger partial charge in [-0.2, -0.15) is 9.97 Å². The summed E-state index contributed by atoms with van der Waals surface area (Å²) in [5.41, 5.74) is 12.5. The minimum atomic E-state index is 0.0400. The highest BCUT2D eigenvalue weighted by molar-refractivity contribution is 6.36. The van der Waals surface area contributed by atoms with Crippen molar-refractivity contribution in [3.05, 3.63) is 28.2 Å². The molecule has 0 amide bonds. The number of anilines is 2. The molecule has 0 radical (unpaired) electrons. The number of ether oxygens (including phenoxy) is 1. The monoisotopic (exact) mass is 284 g/mol. The molecule has 0 unspecified atom stereocenters. The Kier molecular flexibility index (Phi) is 3.45. The van der Waals surface area contributed by atoms with Crippen molar-refractivity contribution in [1.29, 1.82) is 0 Å². The van der Waals surface area contributed by atoms with Gasteiger partial charge >= 0.3 is 0 Å². The van der Waals surface area contributed by atoms with Gasteiger partial charge in [0.05, 0.1) is 17.7 Å². The highest BCUT2D eigenvalue weighted by atomic mass is 35.5. The van der Waals surface area contributed by atoms with Crippen molar-refractivity contribution in [1.82, 2.24) is 9.97 Å². The molecular weight excluding hydrogens is 275 g/mol. The lowest BCUT2D eigenvalue weighted by Crippen LogP contribution is -2.04. The molecule has 1 heterocycles. The normalized spacial score (nSPS) is 10.4. The van der Waals surface area contributed by atoms with Crippen molar-refractivity contribution in [3.63, 3.8) is 0 Å². The van der Waals surface area contributed by atoms with E-state index in [0.717, 1.165) is 0 Å². The Bertz CT molecular complexity index is 604. The predicted octanol–water partition coefficient (Wildman–Crippen LogP) is 2.62. The maximum absolute atomic E-state index is 6.12. The Balaban J connectivity index is 2.70. The van der Waals surface area contributed by atoms with E-state index < -0.39 is 0 Å². The molecule has 0 bridgehead atoms. The summed E-state index contributed by atoms with van der Waals surface area (Å²) in [7, 11) is 1.47. The number of methoxy groups -OCH3 is 1. The fraction of sp³-hybridized carbons (Fsp3) is 0.0909. The van der Waals surface area contributed by atoms with Crippen molar-refractivity contribution in [2.45, 2.75) is 0 Å². The maximum Gasteiger partial charge on any atom is 0.228 e. The Hall–Kier alpha value is -1.72. The van der Waals surface area contributed by atoms with E-state index in [-0.39, 0.29) is 17.6 Å². The molecule has 0 aliphatic rings. The largest absolute Gasteiger partial charge is 0.480 e. The highest BCUT2D eigenvalue weighted by Crippen LogP contribution is 2.38. The molecule has 0 aliphatic carbocycles. The molecule has 0 aliphatic heterocycles. The molecular formula is C11H10Cl2N4O. The Morgan fingerprint density at radius 2 is 1.89 bits per heavy atom. The molecule has 0 saturated carbocycles. The first-order valence-corrected chi connectivity index (χ1v) is 5.71. The first-order chi connectivity index (χ1) is 8.52. The standard InChI is InChI=1S/C11H10Cl2N4O/c1-18-10-8(9(14)16-11(15)17-10)6-3-2-5(12)4-7(6)13/h2-4H,1H3,(H4,14,15,16,17). The van der Waals surface area contributed by atoms with Gasteiger partial charge in [-0.05, 0) is 12.1 Å². The van der Waals surface area contributed by atoms with Crippen LogP contribution in [0.15, 0.2) is 18.2 Å². The van der Waals surface area contributed by atoms with Gasteiger partial charge in [-0.25, -0.2) is 0 Å². The van der Waals surface area contributed by atoms with Gasteiger partial charge in [0.15, 0.2) is 0 Å². The van der Waals surface area contributed by atoms with Crippen LogP contribution in [0.2, 0.25) is 10.0 Å². The van der Waals surface area contributed by atoms with E-state index in [2.05, 4.69) is 9.97 Å². The molecule has 1 aromatic heterocycles. The Morgan fingerprint density at radius 3 is 2.50 bits per heavy atom. The summed E-state index contributed by atoms with van der Waals surface area (Å²) in [5, 5.41) is 0.957. The SMILES string of the molecule is COc1nc(N)nc(N)c1-c1ccc(Cl)cc1Cl. The molecule has 5 nitrogen and oxygen atoms in total. The smallest absolute Gasteiger partial charge is 0.228 e. The molecule has 7 heteroatoms. The number of rotatable bonds is 2. The molecule has 94 valence electrons. The van der Waals surface area contributed by atoms with Crippen molar-refractivity contribution < 1.29 is 4.74 Å². The van der Waals surface area contributed by atoms with Crippen molar-refractivity contribution >= 4 is 35.0 Å². The zero-order chi connectivity index (χ0) is 13.3. The van der Waals surface area contributed by atoms with Gasteiger partial charge in [0.25, 0.3) is 0 Å². The first-order valence-electron chi connectivity index (χ1n) is 4.95. The molecule has 1 aromatic carbocycles. The summed E-state index contributed by atoms with van der Waals surface area (Å²) in [4.78, 5) is 7.86. The number of benzene rings is 1. The summed E-state index contributed by atoms with van der Waals surface area (Å²) >= 11 is 12.0.